The summed E-state index contributed by atoms with van der Waals surface area (Å²) in [6.45, 7) is 0. The van der Waals surface area contributed by atoms with Crippen molar-refractivity contribution in [2.45, 2.75) is 12.8 Å². The third-order valence-electron chi connectivity index (χ3n) is 6.34. The maximum Gasteiger partial charge on any atom is -0.0162 e. The number of hydrogen-bond acceptors (Lipinski definition) is 0. The molecule has 0 amide bonds. The smallest absolute Gasteiger partial charge is 0.0162 e. The van der Waals surface area contributed by atoms with Gasteiger partial charge in [0.2, 0.25) is 0 Å². The first-order chi connectivity index (χ1) is 9.43. The lowest BCUT2D eigenvalue weighted by Crippen LogP contribution is -2.18. The van der Waals surface area contributed by atoms with Crippen LogP contribution in [0.2, 0.25) is 0 Å². The molecule has 0 heteroatoms. The maximum absolute atomic E-state index is 2.54. The summed E-state index contributed by atoms with van der Waals surface area (Å²) in [5.74, 6) is 7.07. The van der Waals surface area contributed by atoms with Crippen LogP contribution in [0.25, 0.3) is 6.08 Å². The summed E-state index contributed by atoms with van der Waals surface area (Å²) >= 11 is 0. The molecule has 0 radical (unpaired) electrons. The molecule has 0 aliphatic heterocycles. The average Bonchev–Trinajstić information content (AvgIpc) is 2.84. The number of fused-ring (bicyclic) bond motifs is 8. The Morgan fingerprint density at radius 1 is 0.947 bits per heavy atom. The van der Waals surface area contributed by atoms with Crippen molar-refractivity contribution in [1.82, 2.24) is 0 Å². The summed E-state index contributed by atoms with van der Waals surface area (Å²) < 4.78 is 0. The van der Waals surface area contributed by atoms with Gasteiger partial charge >= 0.3 is 0 Å². The normalized spacial score (nSPS) is 48.7. The van der Waals surface area contributed by atoms with Crippen LogP contribution >= 0.6 is 0 Å². The first-order valence-electron chi connectivity index (χ1n) is 7.83. The highest BCUT2D eigenvalue weighted by Gasteiger charge is 2.69. The van der Waals surface area contributed by atoms with Crippen molar-refractivity contribution in [1.29, 1.82) is 0 Å². The molecule has 7 atom stereocenters. The van der Waals surface area contributed by atoms with Crippen LogP contribution in [-0.4, -0.2) is 0 Å². The third-order valence-corrected chi connectivity index (χ3v) is 6.34. The van der Waals surface area contributed by atoms with Crippen LogP contribution in [0.15, 0.2) is 48.6 Å². The van der Waals surface area contributed by atoms with Crippen molar-refractivity contribution in [2.24, 2.45) is 41.4 Å². The Balaban J connectivity index is 1.36. The van der Waals surface area contributed by atoms with Gasteiger partial charge in [-0.25, -0.2) is 0 Å². The van der Waals surface area contributed by atoms with E-state index in [2.05, 4.69) is 54.6 Å². The fourth-order valence-electron chi connectivity index (χ4n) is 5.69. The highest BCUT2D eigenvalue weighted by atomic mass is 14.7. The summed E-state index contributed by atoms with van der Waals surface area (Å²) in [6.07, 6.45) is 12.8. The number of hydrogen-bond donors (Lipinski definition) is 0. The Labute approximate surface area is 115 Å². The third kappa shape index (κ3) is 1.35. The van der Waals surface area contributed by atoms with Crippen molar-refractivity contribution >= 4 is 6.08 Å². The molecule has 0 aromatic heterocycles. The van der Waals surface area contributed by atoms with E-state index in [4.69, 9.17) is 0 Å². The molecule has 3 fully saturated rings. The molecule has 2 bridgehead atoms. The fourth-order valence-corrected chi connectivity index (χ4v) is 5.69. The van der Waals surface area contributed by atoms with Crippen molar-refractivity contribution in [3.8, 4) is 0 Å². The van der Waals surface area contributed by atoms with E-state index in [1.807, 2.05) is 0 Å². The van der Waals surface area contributed by atoms with Gasteiger partial charge in [-0.1, -0.05) is 54.6 Å². The van der Waals surface area contributed by atoms with E-state index >= 15 is 0 Å². The minimum Gasteiger partial charge on any atom is -0.0879 e. The minimum atomic E-state index is 0.906. The fraction of sp³-hybridized carbons (Fsp3) is 0.474. The lowest BCUT2D eigenvalue weighted by molar-refractivity contribution is 0.272. The molecule has 0 nitrogen and oxygen atoms in total. The number of rotatable bonds is 2. The van der Waals surface area contributed by atoms with Crippen LogP contribution in [0.3, 0.4) is 0 Å². The van der Waals surface area contributed by atoms with Crippen molar-refractivity contribution in [3.63, 3.8) is 0 Å². The van der Waals surface area contributed by atoms with E-state index in [1.54, 1.807) is 6.42 Å². The largest absolute Gasteiger partial charge is 0.0879 e. The standard InChI is InChI=1S/C19H20/c1-2-5-12(6-3-1)9-10-15-18-16-11-17(19(15)18)14-8-4-7-13(14)16/h1-7,9-10,13-19H,8,11H2/b10-9+/t13-,14+,15?,16+,17-,18+,19-/m0/s1. The summed E-state index contributed by atoms with van der Waals surface area (Å²) in [5.41, 5.74) is 1.36. The van der Waals surface area contributed by atoms with Gasteiger partial charge in [-0.3, -0.25) is 0 Å². The van der Waals surface area contributed by atoms with Crippen LogP contribution < -0.4 is 0 Å². The summed E-state index contributed by atoms with van der Waals surface area (Å²) in [5, 5.41) is 0. The second kappa shape index (κ2) is 3.62. The van der Waals surface area contributed by atoms with Crippen LogP contribution in [0.1, 0.15) is 18.4 Å². The highest BCUT2D eigenvalue weighted by Crippen LogP contribution is 2.74. The maximum atomic E-state index is 2.54. The molecule has 5 rings (SSSR count). The summed E-state index contributed by atoms with van der Waals surface area (Å²) in [4.78, 5) is 0. The Bertz CT molecular complexity index is 553. The van der Waals surface area contributed by atoms with E-state index in [0.29, 0.717) is 0 Å². The van der Waals surface area contributed by atoms with Gasteiger partial charge in [0.25, 0.3) is 0 Å². The van der Waals surface area contributed by atoms with Gasteiger partial charge in [-0.2, -0.15) is 0 Å². The predicted octanol–water partition coefficient (Wildman–Crippen LogP) is 4.40. The SMILES string of the molecule is C1=C[C@H]2[C@@H](C1)[C@@H]1C[C@H]2[C@H]2C(/C=C/c3ccccc3)[C@@H]12. The molecule has 0 saturated heterocycles. The number of allylic oxidation sites excluding steroid dienone is 3. The lowest BCUT2D eigenvalue weighted by atomic mass is 9.82. The van der Waals surface area contributed by atoms with E-state index in [1.165, 1.54) is 12.0 Å². The molecule has 1 aromatic carbocycles. The molecule has 3 saturated carbocycles. The number of benzene rings is 1. The van der Waals surface area contributed by atoms with Crippen LogP contribution in [-0.2, 0) is 0 Å². The van der Waals surface area contributed by atoms with Crippen molar-refractivity contribution in [3.05, 3.63) is 54.1 Å². The van der Waals surface area contributed by atoms with Gasteiger partial charge in [0.05, 0.1) is 0 Å². The Morgan fingerprint density at radius 3 is 2.68 bits per heavy atom. The monoisotopic (exact) mass is 248 g/mol. The van der Waals surface area contributed by atoms with E-state index in [9.17, 15) is 0 Å². The highest BCUT2D eigenvalue weighted by molar-refractivity contribution is 5.50. The zero-order valence-electron chi connectivity index (χ0n) is 11.2. The van der Waals surface area contributed by atoms with Crippen LogP contribution in [0.4, 0.5) is 0 Å². The summed E-state index contributed by atoms with van der Waals surface area (Å²) in [6, 6.07) is 10.8. The molecule has 19 heavy (non-hydrogen) atoms. The van der Waals surface area contributed by atoms with E-state index < -0.39 is 0 Å². The van der Waals surface area contributed by atoms with Gasteiger partial charge < -0.3 is 0 Å². The molecular weight excluding hydrogens is 228 g/mol. The van der Waals surface area contributed by atoms with E-state index in [0.717, 1.165) is 41.4 Å². The zero-order chi connectivity index (χ0) is 12.4. The van der Waals surface area contributed by atoms with Crippen LogP contribution in [0, 0.1) is 41.4 Å². The summed E-state index contributed by atoms with van der Waals surface area (Å²) in [7, 11) is 0. The molecule has 1 aromatic rings. The van der Waals surface area contributed by atoms with Gasteiger partial charge in [0.1, 0.15) is 0 Å². The first-order valence-corrected chi connectivity index (χ1v) is 7.83. The minimum absolute atomic E-state index is 0.906. The molecule has 96 valence electrons. The molecule has 4 aliphatic carbocycles. The molecule has 0 spiro atoms. The molecular formula is C19H20. The second-order valence-corrected chi connectivity index (χ2v) is 6.97. The molecule has 0 N–H and O–H groups in total. The molecule has 0 heterocycles. The predicted molar refractivity (Wildman–Crippen MR) is 78.3 cm³/mol. The van der Waals surface area contributed by atoms with E-state index in [-0.39, 0.29) is 0 Å². The zero-order valence-corrected chi connectivity index (χ0v) is 11.2. The van der Waals surface area contributed by atoms with Gasteiger partial charge in [-0.15, -0.1) is 0 Å². The Morgan fingerprint density at radius 2 is 1.79 bits per heavy atom. The first kappa shape index (κ1) is 10.5. The molecule has 4 aliphatic rings. The van der Waals surface area contributed by atoms with Crippen molar-refractivity contribution < 1.29 is 0 Å². The van der Waals surface area contributed by atoms with Gasteiger partial charge in [-0.05, 0) is 59.8 Å². The molecule has 1 unspecified atom stereocenters. The lowest BCUT2D eigenvalue weighted by Gasteiger charge is -2.22. The topological polar surface area (TPSA) is 0 Å². The average molecular weight is 248 g/mol. The van der Waals surface area contributed by atoms with Crippen molar-refractivity contribution in [2.75, 3.05) is 0 Å². The van der Waals surface area contributed by atoms with Gasteiger partial charge in [0.15, 0.2) is 0 Å². The van der Waals surface area contributed by atoms with Gasteiger partial charge in [0, 0.05) is 0 Å². The Hall–Kier alpha value is -1.30. The Kier molecular flexibility index (Phi) is 2.00. The quantitative estimate of drug-likeness (QED) is 0.680. The second-order valence-electron chi connectivity index (χ2n) is 6.97. The van der Waals surface area contributed by atoms with Crippen LogP contribution in [0.5, 0.6) is 0 Å².